The number of aliphatic hydroxyl groups is 1. The molecule has 0 heterocycles. The quantitative estimate of drug-likeness (QED) is 0.0169. The van der Waals surface area contributed by atoms with Gasteiger partial charge in [-0.2, -0.15) is 0 Å². The summed E-state index contributed by atoms with van der Waals surface area (Å²) in [7, 11) is -9.98. The van der Waals surface area contributed by atoms with E-state index < -0.39 is 97.5 Å². The molecule has 3 N–H and O–H groups in total. The van der Waals surface area contributed by atoms with Gasteiger partial charge in [0.05, 0.1) is 26.4 Å². The van der Waals surface area contributed by atoms with Gasteiger partial charge >= 0.3 is 39.5 Å². The second-order valence-electron chi connectivity index (χ2n) is 26.9. The van der Waals surface area contributed by atoms with Crippen LogP contribution in [0, 0.1) is 0 Å². The van der Waals surface area contributed by atoms with E-state index in [2.05, 4.69) is 174 Å². The number of phosphoric acid groups is 2. The zero-order valence-electron chi connectivity index (χ0n) is 66.3. The SMILES string of the molecule is CC/C=C\C/C=C\C/C=C\C/C=C\CCCCCCCCC(=O)OCC(COP(=O)(O)OCC(O)COP(=O)(O)OCC(COC(=O)CCCCCCC/C=C\C/C=C\C/C=C\CC)OC(=O)CCCCCCC/C=C\CCCCCC)OC(=O)CCCCCCCC/C=C\C/C=C\C/C=C\C/C=C\CC. The zero-order chi connectivity index (χ0) is 77.4. The molecular weight excluding hydrogens is 1380 g/mol. The Morgan fingerprint density at radius 3 is 0.764 bits per heavy atom. The fraction of sp³-hybridized carbons (Fsp3) is 0.678. The van der Waals surface area contributed by atoms with Crippen molar-refractivity contribution in [3.05, 3.63) is 146 Å². The first-order chi connectivity index (χ1) is 51.7. The third kappa shape index (κ3) is 77.1. The fourth-order valence-electron chi connectivity index (χ4n) is 10.6. The summed E-state index contributed by atoms with van der Waals surface area (Å²) in [6, 6.07) is 0. The van der Waals surface area contributed by atoms with Crippen molar-refractivity contribution in [2.75, 3.05) is 39.6 Å². The first-order valence-corrected chi connectivity index (χ1v) is 44.1. The summed E-state index contributed by atoms with van der Waals surface area (Å²) in [6.45, 7) is 4.48. The van der Waals surface area contributed by atoms with E-state index in [0.717, 1.165) is 218 Å². The molecule has 0 aliphatic heterocycles. The Labute approximate surface area is 643 Å². The van der Waals surface area contributed by atoms with Crippen molar-refractivity contribution in [1.29, 1.82) is 0 Å². The predicted molar refractivity (Wildman–Crippen MR) is 436 cm³/mol. The lowest BCUT2D eigenvalue weighted by Gasteiger charge is -2.21. The zero-order valence-corrected chi connectivity index (χ0v) is 68.1. The van der Waals surface area contributed by atoms with Gasteiger partial charge in [-0.1, -0.05) is 283 Å². The summed E-state index contributed by atoms with van der Waals surface area (Å²) in [5.74, 6) is -2.23. The third-order valence-electron chi connectivity index (χ3n) is 16.8. The van der Waals surface area contributed by atoms with E-state index in [1.54, 1.807) is 0 Å². The molecular formula is C87H146O17P2. The van der Waals surface area contributed by atoms with Crippen molar-refractivity contribution < 1.29 is 80.2 Å². The lowest BCUT2D eigenvalue weighted by molar-refractivity contribution is -0.161. The lowest BCUT2D eigenvalue weighted by Crippen LogP contribution is -2.30. The standard InChI is InChI=1S/C87H146O17P2/c1-5-9-13-17-21-25-29-33-36-38-40-42-45-49-52-56-60-64-68-72-85(90)98-78-83(104-87(92)74-70-66-62-58-54-50-46-43-41-39-37-34-30-26-22-18-14-10-6-2)80-102-106(95,96)100-76-81(88)75-99-105(93,94)101-79-82(103-86(91)73-69-65-61-57-53-47-32-28-24-20-16-12-8-4)77-97-84(89)71-67-63-59-55-51-48-44-35-31-27-23-19-15-11-7-3/h9-11,13-15,21-23,25-28,32-37,40-44,81-83,88H,5-8,12,16-20,24,29-31,38-39,45-80H2,1-4H3,(H,93,94)(H,95,96)/b13-9-,14-10-,15-11-,25-21-,26-22-,27-23-,32-28-,36-33-,37-34-,42-40-,43-41-,44-35-. The predicted octanol–water partition coefficient (Wildman–Crippen LogP) is 24.2. The molecule has 0 aliphatic carbocycles. The van der Waals surface area contributed by atoms with Crippen LogP contribution in [-0.4, -0.2) is 96.7 Å². The number of allylic oxidation sites excluding steroid dienone is 24. The second kappa shape index (κ2) is 78.1. The molecule has 5 atom stereocenters. The Kier molecular flexibility index (Phi) is 74.3. The topological polar surface area (TPSA) is 237 Å². The molecule has 606 valence electrons. The van der Waals surface area contributed by atoms with Crippen LogP contribution in [0.5, 0.6) is 0 Å². The van der Waals surface area contributed by atoms with Crippen molar-refractivity contribution in [2.24, 2.45) is 0 Å². The minimum atomic E-state index is -4.99. The maximum atomic E-state index is 13.1. The van der Waals surface area contributed by atoms with Gasteiger partial charge in [-0.05, 0) is 161 Å². The molecule has 0 amide bonds. The first kappa shape index (κ1) is 101. The number of ether oxygens (including phenoxy) is 4. The molecule has 0 aromatic rings. The van der Waals surface area contributed by atoms with Gasteiger partial charge in [-0.15, -0.1) is 0 Å². The number of hydrogen-bond donors (Lipinski definition) is 3. The number of rotatable bonds is 76. The molecule has 106 heavy (non-hydrogen) atoms. The Morgan fingerprint density at radius 1 is 0.274 bits per heavy atom. The van der Waals surface area contributed by atoms with E-state index in [9.17, 15) is 43.2 Å². The van der Waals surface area contributed by atoms with Gasteiger partial charge in [0.15, 0.2) is 12.2 Å². The number of hydrogen-bond acceptors (Lipinski definition) is 15. The normalized spacial score (nSPS) is 14.6. The van der Waals surface area contributed by atoms with Gasteiger partial charge in [-0.3, -0.25) is 37.3 Å². The number of esters is 4. The van der Waals surface area contributed by atoms with Crippen molar-refractivity contribution in [3.63, 3.8) is 0 Å². The van der Waals surface area contributed by atoms with Crippen LogP contribution in [0.2, 0.25) is 0 Å². The number of aliphatic hydroxyl groups excluding tert-OH is 1. The number of phosphoric ester groups is 2. The molecule has 0 aliphatic rings. The molecule has 5 unspecified atom stereocenters. The number of carbonyl (C=O) groups is 4. The number of unbranched alkanes of at least 4 members (excludes halogenated alkanes) is 26. The Bertz CT molecular complexity index is 2580. The lowest BCUT2D eigenvalue weighted by atomic mass is 10.1. The Hall–Kier alpha value is -5.06. The van der Waals surface area contributed by atoms with Crippen LogP contribution < -0.4 is 0 Å². The van der Waals surface area contributed by atoms with E-state index in [4.69, 9.17) is 37.0 Å². The van der Waals surface area contributed by atoms with Gasteiger partial charge in [0.2, 0.25) is 0 Å². The molecule has 0 saturated heterocycles. The van der Waals surface area contributed by atoms with E-state index in [1.165, 1.54) is 25.7 Å². The van der Waals surface area contributed by atoms with Gasteiger partial charge in [0, 0.05) is 25.7 Å². The first-order valence-electron chi connectivity index (χ1n) is 41.1. The van der Waals surface area contributed by atoms with Crippen molar-refractivity contribution in [3.8, 4) is 0 Å². The average Bonchev–Trinajstić information content (AvgIpc) is 0.903. The summed E-state index contributed by atoms with van der Waals surface area (Å²) < 4.78 is 68.7. The van der Waals surface area contributed by atoms with Crippen LogP contribution in [-0.2, 0) is 65.4 Å². The molecule has 0 spiro atoms. The summed E-state index contributed by atoms with van der Waals surface area (Å²) in [6.07, 6.45) is 89.5. The van der Waals surface area contributed by atoms with Gasteiger partial charge in [0.25, 0.3) is 0 Å². The van der Waals surface area contributed by atoms with Crippen molar-refractivity contribution in [1.82, 2.24) is 0 Å². The summed E-state index contributed by atoms with van der Waals surface area (Å²) >= 11 is 0. The van der Waals surface area contributed by atoms with E-state index in [1.807, 2.05) is 0 Å². The maximum Gasteiger partial charge on any atom is 0.472 e. The summed E-state index contributed by atoms with van der Waals surface area (Å²) in [4.78, 5) is 73.1. The van der Waals surface area contributed by atoms with Gasteiger partial charge in [-0.25, -0.2) is 9.13 Å². The van der Waals surface area contributed by atoms with Crippen LogP contribution in [0.3, 0.4) is 0 Å². The Morgan fingerprint density at radius 2 is 0.491 bits per heavy atom. The van der Waals surface area contributed by atoms with Crippen LogP contribution in [0.15, 0.2) is 146 Å². The highest BCUT2D eigenvalue weighted by Crippen LogP contribution is 2.45. The number of carbonyl (C=O) groups excluding carboxylic acids is 4. The van der Waals surface area contributed by atoms with E-state index in [-0.39, 0.29) is 25.7 Å². The van der Waals surface area contributed by atoms with Crippen LogP contribution in [0.4, 0.5) is 0 Å². The van der Waals surface area contributed by atoms with E-state index >= 15 is 0 Å². The van der Waals surface area contributed by atoms with Gasteiger partial charge < -0.3 is 33.8 Å². The molecule has 0 rings (SSSR count). The van der Waals surface area contributed by atoms with E-state index in [0.29, 0.717) is 25.7 Å². The smallest absolute Gasteiger partial charge is 0.462 e. The second-order valence-corrected chi connectivity index (χ2v) is 29.8. The molecule has 17 nitrogen and oxygen atoms in total. The minimum absolute atomic E-state index is 0.0708. The monoisotopic (exact) mass is 1530 g/mol. The third-order valence-corrected chi connectivity index (χ3v) is 18.7. The highest BCUT2D eigenvalue weighted by molar-refractivity contribution is 7.47. The largest absolute Gasteiger partial charge is 0.472 e. The summed E-state index contributed by atoms with van der Waals surface area (Å²) in [5, 5.41) is 10.7. The highest BCUT2D eigenvalue weighted by atomic mass is 31.2. The molecule has 0 aromatic heterocycles. The molecule has 0 bridgehead atoms. The maximum absolute atomic E-state index is 13.1. The fourth-order valence-corrected chi connectivity index (χ4v) is 12.2. The minimum Gasteiger partial charge on any atom is -0.462 e. The highest BCUT2D eigenvalue weighted by Gasteiger charge is 2.30. The molecule has 0 aromatic carbocycles. The molecule has 19 heteroatoms. The Balaban J connectivity index is 5.41. The van der Waals surface area contributed by atoms with Gasteiger partial charge in [0.1, 0.15) is 19.3 Å². The molecule has 0 radical (unpaired) electrons. The van der Waals surface area contributed by atoms with Crippen molar-refractivity contribution >= 4 is 39.5 Å². The van der Waals surface area contributed by atoms with Crippen LogP contribution in [0.25, 0.3) is 0 Å². The van der Waals surface area contributed by atoms with Crippen LogP contribution >= 0.6 is 15.6 Å². The summed E-state index contributed by atoms with van der Waals surface area (Å²) in [5.41, 5.74) is 0. The average molecular weight is 1530 g/mol. The van der Waals surface area contributed by atoms with Crippen LogP contribution in [0.1, 0.15) is 323 Å². The van der Waals surface area contributed by atoms with Crippen molar-refractivity contribution in [2.45, 2.75) is 341 Å². The molecule has 0 saturated carbocycles. The molecule has 0 fully saturated rings.